The van der Waals surface area contributed by atoms with Gasteiger partial charge in [-0.25, -0.2) is 9.37 Å². The molecule has 0 spiro atoms. The number of aliphatic hydroxyl groups excluding tert-OH is 1. The number of halogens is 3. The summed E-state index contributed by atoms with van der Waals surface area (Å²) in [5, 5.41) is 24.0. The van der Waals surface area contributed by atoms with Crippen LogP contribution in [0.5, 0.6) is 11.5 Å². The molecule has 0 radical (unpaired) electrons. The molecule has 1 amide bonds. The van der Waals surface area contributed by atoms with Crippen molar-refractivity contribution in [2.75, 3.05) is 11.4 Å². The molecule has 218 valence electrons. The third kappa shape index (κ3) is 5.38. The summed E-state index contributed by atoms with van der Waals surface area (Å²) in [6.45, 7) is 2.09. The number of rotatable bonds is 7. The second-order valence-corrected chi connectivity index (χ2v) is 11.2. The molecule has 6 rings (SSSR count). The van der Waals surface area contributed by atoms with E-state index in [2.05, 4.69) is 27.3 Å². The summed E-state index contributed by atoms with van der Waals surface area (Å²) in [5.41, 5.74) is 4.11. The van der Waals surface area contributed by atoms with Gasteiger partial charge in [-0.15, -0.1) is 0 Å². The molecule has 0 bridgehead atoms. The Kier molecular flexibility index (Phi) is 7.71. The van der Waals surface area contributed by atoms with E-state index in [0.29, 0.717) is 44.0 Å². The number of benzene rings is 3. The van der Waals surface area contributed by atoms with Crippen molar-refractivity contribution in [2.24, 2.45) is 7.05 Å². The van der Waals surface area contributed by atoms with Gasteiger partial charge >= 0.3 is 0 Å². The number of fused-ring (bicyclic) bond motifs is 1. The van der Waals surface area contributed by atoms with Gasteiger partial charge in [-0.1, -0.05) is 47.5 Å². The van der Waals surface area contributed by atoms with Crippen LogP contribution in [0.1, 0.15) is 28.7 Å². The van der Waals surface area contributed by atoms with Gasteiger partial charge in [0.15, 0.2) is 0 Å². The van der Waals surface area contributed by atoms with Gasteiger partial charge in [0.05, 0.1) is 11.2 Å². The first-order valence-electron chi connectivity index (χ1n) is 13.4. The van der Waals surface area contributed by atoms with E-state index in [0.717, 1.165) is 17.0 Å². The first-order chi connectivity index (χ1) is 20.2. The van der Waals surface area contributed by atoms with E-state index in [-0.39, 0.29) is 39.6 Å². The van der Waals surface area contributed by atoms with Crippen molar-refractivity contribution >= 4 is 34.9 Å². The number of amides is 1. The maximum atomic E-state index is 14.1. The number of nitrogens with zero attached hydrogens (tertiary/aromatic N) is 4. The summed E-state index contributed by atoms with van der Waals surface area (Å²) in [7, 11) is 1.88. The van der Waals surface area contributed by atoms with Crippen LogP contribution in [0.2, 0.25) is 10.0 Å². The number of aromatic hydroxyl groups is 1. The molecule has 9 nitrogen and oxygen atoms in total. The predicted molar refractivity (Wildman–Crippen MR) is 157 cm³/mol. The lowest BCUT2D eigenvalue weighted by molar-refractivity contribution is -0.125. The van der Waals surface area contributed by atoms with Crippen LogP contribution in [0.4, 0.5) is 10.2 Å². The highest BCUT2D eigenvalue weighted by molar-refractivity contribution is 6.33. The van der Waals surface area contributed by atoms with E-state index in [1.165, 1.54) is 17.7 Å². The molecule has 1 aromatic heterocycles. The maximum Gasteiger partial charge on any atom is 0.225 e. The summed E-state index contributed by atoms with van der Waals surface area (Å²) in [6, 6.07) is 14.0. The fourth-order valence-electron chi connectivity index (χ4n) is 5.42. The van der Waals surface area contributed by atoms with Crippen molar-refractivity contribution in [3.8, 4) is 22.9 Å². The average molecular weight is 612 g/mol. The number of imidazole rings is 1. The lowest BCUT2D eigenvalue weighted by Gasteiger charge is -2.33. The Hall–Kier alpha value is -3.83. The van der Waals surface area contributed by atoms with E-state index < -0.39 is 12.2 Å². The van der Waals surface area contributed by atoms with E-state index in [4.69, 9.17) is 27.9 Å². The minimum Gasteiger partial charge on any atom is -0.506 e. The van der Waals surface area contributed by atoms with Gasteiger partial charge < -0.3 is 29.7 Å². The van der Waals surface area contributed by atoms with Gasteiger partial charge in [0.25, 0.3) is 0 Å². The molecular weight excluding hydrogens is 584 g/mol. The highest BCUT2D eigenvalue weighted by Crippen LogP contribution is 2.39. The first kappa shape index (κ1) is 28.3. The molecule has 3 aromatic carbocycles. The number of nitrogens with one attached hydrogen (secondary N) is 1. The molecule has 12 heteroatoms. The second kappa shape index (κ2) is 11.4. The second-order valence-electron chi connectivity index (χ2n) is 10.4. The number of hydrogen-bond donors (Lipinski definition) is 3. The van der Waals surface area contributed by atoms with Crippen LogP contribution in [0, 0.1) is 5.82 Å². The van der Waals surface area contributed by atoms with E-state index in [1.54, 1.807) is 29.3 Å². The Labute approximate surface area is 251 Å². The van der Waals surface area contributed by atoms with Crippen molar-refractivity contribution in [3.05, 3.63) is 92.8 Å². The van der Waals surface area contributed by atoms with Crippen molar-refractivity contribution in [2.45, 2.75) is 39.0 Å². The summed E-state index contributed by atoms with van der Waals surface area (Å²) in [5.74, 6) is 0.940. The van der Waals surface area contributed by atoms with Gasteiger partial charge in [0, 0.05) is 56.3 Å². The monoisotopic (exact) mass is 611 g/mol. The number of carbonyl (C=O) groups is 1. The van der Waals surface area contributed by atoms with Crippen LogP contribution < -0.4 is 15.0 Å². The zero-order valence-electron chi connectivity index (χ0n) is 22.6. The topological polar surface area (TPSA) is 103 Å². The van der Waals surface area contributed by atoms with E-state index in [9.17, 15) is 19.4 Å². The number of hydrogen-bond acceptors (Lipinski definition) is 7. The van der Waals surface area contributed by atoms with Crippen molar-refractivity contribution in [1.82, 2.24) is 19.8 Å². The summed E-state index contributed by atoms with van der Waals surface area (Å²) < 4.78 is 21.7. The lowest BCUT2D eigenvalue weighted by Crippen LogP contribution is -2.54. The van der Waals surface area contributed by atoms with E-state index in [1.807, 2.05) is 17.7 Å². The van der Waals surface area contributed by atoms with Crippen LogP contribution in [-0.2, 0) is 38.1 Å². The number of aromatic nitrogens is 2. The number of anilines is 1. The summed E-state index contributed by atoms with van der Waals surface area (Å²) in [4.78, 5) is 20.1. The number of phenolic OH excluding ortho intramolecular Hbond substituents is 1. The predicted octanol–water partition coefficient (Wildman–Crippen LogP) is 4.94. The number of phenols is 1. The molecule has 4 aromatic rings. The minimum absolute atomic E-state index is 0.0583. The molecule has 1 unspecified atom stereocenters. The van der Waals surface area contributed by atoms with Crippen molar-refractivity contribution in [3.63, 3.8) is 0 Å². The Morgan fingerprint density at radius 2 is 1.95 bits per heavy atom. The van der Waals surface area contributed by atoms with Gasteiger partial charge in [0.2, 0.25) is 12.3 Å². The average Bonchev–Trinajstić information content (AvgIpc) is 3.54. The normalized spacial score (nSPS) is 16.9. The number of ether oxygens (including phenoxy) is 1. The van der Waals surface area contributed by atoms with Crippen LogP contribution in [0.15, 0.2) is 54.7 Å². The fourth-order valence-corrected chi connectivity index (χ4v) is 5.87. The lowest BCUT2D eigenvalue weighted by atomic mass is 10.1. The van der Waals surface area contributed by atoms with Gasteiger partial charge in [0.1, 0.15) is 40.6 Å². The zero-order chi connectivity index (χ0) is 29.5. The fraction of sp³-hybridized carbons (Fsp3) is 0.267. The molecule has 3 heterocycles. The first-order valence-corrected chi connectivity index (χ1v) is 14.1. The standard InChI is InChI=1S/C30H28Cl2FN5O4/c1-36-26(38-10-9-25(39)35-30(38)41)12-34-29(36)17-5-6-18-13-37(15-20(18)11-17)14-19-7-8-24(27(32)28(19)40)42-16-21-22(31)3-2-4-23(21)33/h2-8,11-12,30,40-41H,9-10,13-16H2,1H3,(H,35,39). The molecule has 1 saturated heterocycles. The molecule has 0 saturated carbocycles. The Morgan fingerprint density at radius 1 is 1.14 bits per heavy atom. The smallest absolute Gasteiger partial charge is 0.225 e. The Bertz CT molecular complexity index is 1660. The minimum atomic E-state index is -1.10. The SMILES string of the molecule is Cn1c(N2CCC(=O)NC2O)cnc1-c1ccc2c(c1)CN(Cc1ccc(OCc3c(F)cccc3Cl)c(Cl)c1O)C2. The van der Waals surface area contributed by atoms with Crippen LogP contribution in [0.3, 0.4) is 0 Å². The Balaban J connectivity index is 1.14. The van der Waals surface area contributed by atoms with Crippen molar-refractivity contribution < 1.29 is 24.1 Å². The van der Waals surface area contributed by atoms with Crippen LogP contribution in [0.25, 0.3) is 11.4 Å². The zero-order valence-corrected chi connectivity index (χ0v) is 24.2. The van der Waals surface area contributed by atoms with E-state index >= 15 is 0 Å². The maximum absolute atomic E-state index is 14.1. The number of aliphatic hydroxyl groups is 1. The molecule has 1 atom stereocenters. The van der Waals surface area contributed by atoms with Gasteiger partial charge in [-0.2, -0.15) is 0 Å². The highest BCUT2D eigenvalue weighted by atomic mass is 35.5. The molecule has 3 N–H and O–H groups in total. The Morgan fingerprint density at radius 3 is 2.74 bits per heavy atom. The van der Waals surface area contributed by atoms with Gasteiger partial charge in [-0.05, 0) is 35.4 Å². The molecule has 2 aliphatic rings. The van der Waals surface area contributed by atoms with Crippen LogP contribution in [-0.4, -0.2) is 43.5 Å². The summed E-state index contributed by atoms with van der Waals surface area (Å²) in [6.07, 6.45) is 0.894. The molecule has 1 fully saturated rings. The quantitative estimate of drug-likeness (QED) is 0.272. The molecule has 42 heavy (non-hydrogen) atoms. The largest absolute Gasteiger partial charge is 0.506 e. The molecule has 0 aliphatic carbocycles. The third-order valence-electron chi connectivity index (χ3n) is 7.67. The van der Waals surface area contributed by atoms with Gasteiger partial charge in [-0.3, -0.25) is 9.69 Å². The summed E-state index contributed by atoms with van der Waals surface area (Å²) >= 11 is 12.5. The van der Waals surface area contributed by atoms with Crippen LogP contribution >= 0.6 is 23.2 Å². The number of carbonyl (C=O) groups excluding carboxylic acids is 1. The molecule has 2 aliphatic heterocycles. The third-order valence-corrected chi connectivity index (χ3v) is 8.39. The molecular formula is C30H28Cl2FN5O4. The highest BCUT2D eigenvalue weighted by Gasteiger charge is 2.28. The van der Waals surface area contributed by atoms with Crippen molar-refractivity contribution in [1.29, 1.82) is 0 Å².